The molecule has 1 heterocycles. The maximum absolute atomic E-state index is 12.9. The van der Waals surface area contributed by atoms with E-state index >= 15 is 0 Å². The van der Waals surface area contributed by atoms with Crippen LogP contribution in [-0.4, -0.2) is 49.1 Å². The number of benzene rings is 2. The lowest BCUT2D eigenvalue weighted by molar-refractivity contribution is -0.124. The van der Waals surface area contributed by atoms with Crippen LogP contribution < -0.4 is 14.8 Å². The van der Waals surface area contributed by atoms with Gasteiger partial charge in [0.2, 0.25) is 5.91 Å². The Morgan fingerprint density at radius 1 is 1.06 bits per heavy atom. The van der Waals surface area contributed by atoms with Crippen LogP contribution in [0.1, 0.15) is 42.6 Å². The molecule has 31 heavy (non-hydrogen) atoms. The average molecular weight is 489 g/mol. The van der Waals surface area contributed by atoms with Gasteiger partial charge in [0.1, 0.15) is 6.04 Å². The molecule has 1 aliphatic heterocycles. The summed E-state index contributed by atoms with van der Waals surface area (Å²) in [7, 11) is 0. The number of carbonyl (C=O) groups is 2. The molecule has 1 aliphatic rings. The van der Waals surface area contributed by atoms with Gasteiger partial charge < -0.3 is 19.7 Å². The van der Waals surface area contributed by atoms with Gasteiger partial charge in [-0.15, -0.1) is 0 Å². The third kappa shape index (κ3) is 6.00. The molecule has 1 N–H and O–H groups in total. The summed E-state index contributed by atoms with van der Waals surface area (Å²) in [6.45, 7) is 6.10. The van der Waals surface area contributed by atoms with Crippen molar-refractivity contribution in [1.29, 1.82) is 0 Å². The minimum Gasteiger partial charge on any atom is -0.490 e. The highest BCUT2D eigenvalue weighted by Gasteiger charge is 2.34. The zero-order valence-electron chi connectivity index (χ0n) is 18.0. The van der Waals surface area contributed by atoms with Crippen molar-refractivity contribution in [3.63, 3.8) is 0 Å². The van der Waals surface area contributed by atoms with Gasteiger partial charge in [-0.3, -0.25) is 9.59 Å². The Bertz CT molecular complexity index is 901. The Labute approximate surface area is 192 Å². The van der Waals surface area contributed by atoms with Crippen molar-refractivity contribution < 1.29 is 19.1 Å². The topological polar surface area (TPSA) is 67.9 Å². The lowest BCUT2D eigenvalue weighted by Crippen LogP contribution is -2.46. The molecule has 3 rings (SSSR count). The van der Waals surface area contributed by atoms with Gasteiger partial charge in [0, 0.05) is 23.1 Å². The number of carbonyl (C=O) groups excluding carboxylic acids is 2. The molecular weight excluding hydrogens is 460 g/mol. The van der Waals surface area contributed by atoms with Crippen LogP contribution in [0.5, 0.6) is 11.5 Å². The third-order valence-electron chi connectivity index (χ3n) is 5.23. The van der Waals surface area contributed by atoms with E-state index in [1.165, 1.54) is 0 Å². The lowest BCUT2D eigenvalue weighted by atomic mass is 10.1. The molecule has 0 bridgehead atoms. The van der Waals surface area contributed by atoms with Crippen LogP contribution in [0, 0.1) is 0 Å². The molecule has 0 saturated carbocycles. The Kier molecular flexibility index (Phi) is 8.35. The summed E-state index contributed by atoms with van der Waals surface area (Å²) in [5.41, 5.74) is 1.65. The summed E-state index contributed by atoms with van der Waals surface area (Å²) in [6, 6.07) is 12.7. The van der Waals surface area contributed by atoms with Gasteiger partial charge in [-0.05, 0) is 75.1 Å². The zero-order valence-corrected chi connectivity index (χ0v) is 19.6. The van der Waals surface area contributed by atoms with E-state index in [1.54, 1.807) is 17.0 Å². The number of hydrogen-bond donors (Lipinski definition) is 1. The smallest absolute Gasteiger partial charge is 0.254 e. The highest BCUT2D eigenvalue weighted by atomic mass is 79.9. The van der Waals surface area contributed by atoms with Crippen molar-refractivity contribution in [1.82, 2.24) is 10.2 Å². The van der Waals surface area contributed by atoms with Crippen LogP contribution in [0.4, 0.5) is 0 Å². The normalized spacial score (nSPS) is 15.6. The Morgan fingerprint density at radius 3 is 2.48 bits per heavy atom. The van der Waals surface area contributed by atoms with Crippen molar-refractivity contribution in [2.75, 3.05) is 26.3 Å². The molecule has 0 aromatic heterocycles. The molecule has 2 amide bonds. The Morgan fingerprint density at radius 2 is 1.77 bits per heavy atom. The molecular formula is C24H29BrN2O4. The first-order chi connectivity index (χ1) is 15.0. The molecule has 6 nitrogen and oxygen atoms in total. The third-order valence-corrected chi connectivity index (χ3v) is 5.76. The van der Waals surface area contributed by atoms with Gasteiger partial charge >= 0.3 is 0 Å². The van der Waals surface area contributed by atoms with Crippen LogP contribution in [0.2, 0.25) is 0 Å². The van der Waals surface area contributed by atoms with E-state index in [9.17, 15) is 9.59 Å². The fourth-order valence-electron chi connectivity index (χ4n) is 3.74. The van der Waals surface area contributed by atoms with Gasteiger partial charge in [0.25, 0.3) is 5.91 Å². The van der Waals surface area contributed by atoms with Gasteiger partial charge in [0.15, 0.2) is 11.5 Å². The van der Waals surface area contributed by atoms with Crippen molar-refractivity contribution in [2.24, 2.45) is 0 Å². The molecule has 1 fully saturated rings. The number of likely N-dealkylation sites (tertiary alicyclic amines) is 1. The van der Waals surface area contributed by atoms with Crippen LogP contribution in [0.25, 0.3) is 0 Å². The van der Waals surface area contributed by atoms with E-state index in [-0.39, 0.29) is 11.8 Å². The number of ether oxygens (including phenoxy) is 2. The van der Waals surface area contributed by atoms with Gasteiger partial charge in [-0.1, -0.05) is 22.0 Å². The molecule has 2 aromatic carbocycles. The largest absolute Gasteiger partial charge is 0.490 e. The van der Waals surface area contributed by atoms with Crippen molar-refractivity contribution in [3.8, 4) is 11.5 Å². The summed E-state index contributed by atoms with van der Waals surface area (Å²) < 4.78 is 12.2. The fourth-order valence-corrected chi connectivity index (χ4v) is 4.00. The Hall–Kier alpha value is -2.54. The van der Waals surface area contributed by atoms with Crippen LogP contribution in [0.3, 0.4) is 0 Å². The van der Waals surface area contributed by atoms with E-state index in [0.717, 1.165) is 28.0 Å². The second-order valence-electron chi connectivity index (χ2n) is 7.35. The number of amides is 2. The highest BCUT2D eigenvalue weighted by molar-refractivity contribution is 9.10. The van der Waals surface area contributed by atoms with Gasteiger partial charge in [0.05, 0.1) is 13.2 Å². The molecule has 1 saturated heterocycles. The zero-order chi connectivity index (χ0) is 22.2. The number of nitrogens with zero attached hydrogens (tertiary/aromatic N) is 1. The first-order valence-corrected chi connectivity index (χ1v) is 11.6. The van der Waals surface area contributed by atoms with Crippen molar-refractivity contribution >= 4 is 27.7 Å². The van der Waals surface area contributed by atoms with Crippen LogP contribution in [-0.2, 0) is 11.2 Å². The summed E-state index contributed by atoms with van der Waals surface area (Å²) in [5, 5.41) is 3.00. The molecule has 0 spiro atoms. The molecule has 1 unspecified atom stereocenters. The van der Waals surface area contributed by atoms with Crippen molar-refractivity contribution in [2.45, 2.75) is 39.2 Å². The van der Waals surface area contributed by atoms with Crippen LogP contribution in [0.15, 0.2) is 46.9 Å². The fraction of sp³-hybridized carbons (Fsp3) is 0.417. The summed E-state index contributed by atoms with van der Waals surface area (Å²) in [5.74, 6) is 1.25. The predicted molar refractivity (Wildman–Crippen MR) is 124 cm³/mol. The molecule has 1 atom stereocenters. The molecule has 0 radical (unpaired) electrons. The molecule has 166 valence electrons. The number of nitrogens with one attached hydrogen (secondary N) is 1. The number of halogens is 1. The molecule has 2 aromatic rings. The minimum atomic E-state index is -0.421. The van der Waals surface area contributed by atoms with Crippen molar-refractivity contribution in [3.05, 3.63) is 58.1 Å². The van der Waals surface area contributed by atoms with E-state index in [2.05, 4.69) is 21.2 Å². The first kappa shape index (κ1) is 23.1. The maximum atomic E-state index is 12.9. The average Bonchev–Trinajstić information content (AvgIpc) is 3.26. The predicted octanol–water partition coefficient (Wildman–Crippen LogP) is 4.21. The lowest BCUT2D eigenvalue weighted by Gasteiger charge is -2.24. The van der Waals surface area contributed by atoms with E-state index in [1.807, 2.05) is 44.2 Å². The monoisotopic (exact) mass is 488 g/mol. The number of hydrogen-bond acceptors (Lipinski definition) is 4. The second-order valence-corrected chi connectivity index (χ2v) is 8.27. The van der Waals surface area contributed by atoms with Crippen LogP contribution >= 0.6 is 15.9 Å². The minimum absolute atomic E-state index is 0.0982. The maximum Gasteiger partial charge on any atom is 0.254 e. The van der Waals surface area contributed by atoms with E-state index < -0.39 is 6.04 Å². The summed E-state index contributed by atoms with van der Waals surface area (Å²) in [4.78, 5) is 27.3. The van der Waals surface area contributed by atoms with Gasteiger partial charge in [-0.25, -0.2) is 0 Å². The van der Waals surface area contributed by atoms with Gasteiger partial charge in [-0.2, -0.15) is 0 Å². The quantitative estimate of drug-likeness (QED) is 0.573. The summed E-state index contributed by atoms with van der Waals surface area (Å²) in [6.07, 6.45) is 2.19. The first-order valence-electron chi connectivity index (χ1n) is 10.8. The molecule has 7 heteroatoms. The molecule has 0 aliphatic carbocycles. The SMILES string of the molecule is CCOc1ccc(CCNC(=O)C2CCCN2C(=O)c2ccc(Br)cc2)cc1OCC. The van der Waals surface area contributed by atoms with E-state index in [0.29, 0.717) is 44.7 Å². The Balaban J connectivity index is 1.57. The summed E-state index contributed by atoms with van der Waals surface area (Å²) >= 11 is 3.38. The standard InChI is InChI=1S/C24H29BrN2O4/c1-3-30-21-12-7-17(16-22(21)31-4-2)13-14-26-23(28)20-6-5-15-27(20)24(29)18-8-10-19(25)11-9-18/h7-12,16,20H,3-6,13-15H2,1-2H3,(H,26,28). The second kappa shape index (κ2) is 11.2. The highest BCUT2D eigenvalue weighted by Crippen LogP contribution is 2.28. The number of rotatable bonds is 9. The van der Waals surface area contributed by atoms with E-state index in [4.69, 9.17) is 9.47 Å².